The van der Waals surface area contributed by atoms with E-state index >= 15 is 0 Å². The van der Waals surface area contributed by atoms with Crippen molar-refractivity contribution in [2.45, 2.75) is 19.3 Å². The topological polar surface area (TPSA) is 0 Å². The Bertz CT molecular complexity index is 136. The van der Waals surface area contributed by atoms with Crippen molar-refractivity contribution in [3.63, 3.8) is 0 Å². The maximum atomic E-state index is 5.60. The Kier molecular flexibility index (Phi) is 1.46. The molecule has 0 aliphatic carbocycles. The first-order valence-electron chi connectivity index (χ1n) is 3.86. The van der Waals surface area contributed by atoms with Gasteiger partial charge in [-0.15, -0.1) is 0 Å². The summed E-state index contributed by atoms with van der Waals surface area (Å²) in [7, 11) is 0. The molecule has 2 bridgehead atoms. The molecule has 3 fully saturated rings. The van der Waals surface area contributed by atoms with E-state index in [0.717, 1.165) is 5.92 Å². The maximum absolute atomic E-state index is 5.60. The van der Waals surface area contributed by atoms with Crippen LogP contribution in [-0.4, -0.2) is 18.5 Å². The third kappa shape index (κ3) is 1.10. The van der Waals surface area contributed by atoms with Crippen LogP contribution in [0.2, 0.25) is 0 Å². The molecule has 3 aliphatic heterocycles. The molecule has 3 saturated heterocycles. The van der Waals surface area contributed by atoms with E-state index in [2.05, 4.69) is 0 Å². The molecule has 3 rings (SSSR count). The van der Waals surface area contributed by atoms with E-state index in [1.165, 1.54) is 37.7 Å². The fraction of sp³-hybridized carbons (Fsp3) is 1.00. The van der Waals surface area contributed by atoms with Gasteiger partial charge in [0.1, 0.15) is 0 Å². The summed E-state index contributed by atoms with van der Waals surface area (Å²) in [5.74, 6) is 1.09. The van der Waals surface area contributed by atoms with Gasteiger partial charge in [-0.2, -0.15) is 0 Å². The van der Waals surface area contributed by atoms with Crippen molar-refractivity contribution in [1.82, 2.24) is 0 Å². The molecule has 0 aromatic rings. The van der Waals surface area contributed by atoms with Crippen LogP contribution in [0.15, 0.2) is 0 Å². The molecule has 0 atom stereocenters. The van der Waals surface area contributed by atoms with Gasteiger partial charge in [-0.05, 0) is 49.7 Å². The van der Waals surface area contributed by atoms with E-state index in [9.17, 15) is 0 Å². The summed E-state index contributed by atoms with van der Waals surface area (Å²) in [6.45, 7) is 0. The molecule has 52 valence electrons. The molecule has 9 heavy (non-hydrogen) atoms. The number of fused-ring (bicyclic) bond motifs is 3. The van der Waals surface area contributed by atoms with Crippen molar-refractivity contribution >= 4 is 17.8 Å². The average Bonchev–Trinajstić information content (AvgIpc) is 1.90. The van der Waals surface area contributed by atoms with Gasteiger partial charge in [0.2, 0.25) is 0 Å². The minimum absolute atomic E-state index is 0.695. The summed E-state index contributed by atoms with van der Waals surface area (Å²) in [4.78, 5) is 0. The van der Waals surface area contributed by atoms with Crippen molar-refractivity contribution in [3.05, 3.63) is 0 Å². The highest BCUT2D eigenvalue weighted by Crippen LogP contribution is 2.58. The summed E-state index contributed by atoms with van der Waals surface area (Å²) in [5.41, 5.74) is 0. The van der Waals surface area contributed by atoms with E-state index in [1.807, 2.05) is 0 Å². The van der Waals surface area contributed by atoms with Gasteiger partial charge >= 0.3 is 0 Å². The second kappa shape index (κ2) is 2.07. The van der Waals surface area contributed by atoms with Crippen LogP contribution >= 0.6 is 6.04 Å². The van der Waals surface area contributed by atoms with Crippen molar-refractivity contribution in [1.29, 1.82) is 0 Å². The monoisotopic (exact) mass is 160 g/mol. The van der Waals surface area contributed by atoms with Gasteiger partial charge in [0.25, 0.3) is 0 Å². The first-order valence-corrected chi connectivity index (χ1v) is 7.21. The van der Waals surface area contributed by atoms with Gasteiger partial charge in [0, 0.05) is 0 Å². The molecule has 0 aromatic carbocycles. The standard InChI is InChI=1S/C7H13PS/c9-8-4-1-7(2-5-8)3-6-8/h7H,1-6H2. The molecule has 0 amide bonds. The second-order valence-corrected chi connectivity index (χ2v) is 9.24. The smallest absolute Gasteiger partial charge is 0.0232 e. The molecular formula is C7H13PS. The van der Waals surface area contributed by atoms with Gasteiger partial charge in [-0.25, -0.2) is 0 Å². The second-order valence-electron chi connectivity index (χ2n) is 3.46. The van der Waals surface area contributed by atoms with Crippen LogP contribution in [0.3, 0.4) is 0 Å². The minimum atomic E-state index is -0.695. The molecular weight excluding hydrogens is 147 g/mol. The summed E-state index contributed by atoms with van der Waals surface area (Å²) < 4.78 is 0. The summed E-state index contributed by atoms with van der Waals surface area (Å²) in [5, 5.41) is 0. The Morgan fingerprint density at radius 3 is 1.67 bits per heavy atom. The number of hydrogen-bond acceptors (Lipinski definition) is 1. The highest BCUT2D eigenvalue weighted by Gasteiger charge is 2.31. The van der Waals surface area contributed by atoms with Crippen LogP contribution in [0.4, 0.5) is 0 Å². The Hall–Kier alpha value is 0.650. The number of rotatable bonds is 0. The molecule has 0 nitrogen and oxygen atoms in total. The van der Waals surface area contributed by atoms with Crippen LogP contribution in [-0.2, 0) is 11.8 Å². The van der Waals surface area contributed by atoms with Gasteiger partial charge < -0.3 is 0 Å². The van der Waals surface area contributed by atoms with Crippen LogP contribution in [0.1, 0.15) is 19.3 Å². The molecule has 3 aliphatic rings. The van der Waals surface area contributed by atoms with E-state index in [1.54, 1.807) is 0 Å². The Morgan fingerprint density at radius 2 is 1.44 bits per heavy atom. The highest BCUT2D eigenvalue weighted by atomic mass is 32.4. The third-order valence-electron chi connectivity index (χ3n) is 2.83. The predicted molar refractivity (Wildman–Crippen MR) is 46.2 cm³/mol. The quantitative estimate of drug-likeness (QED) is 0.490. The fourth-order valence-electron chi connectivity index (χ4n) is 2.02. The predicted octanol–water partition coefficient (Wildman–Crippen LogP) is 2.28. The molecule has 3 heterocycles. The Labute approximate surface area is 62.0 Å². The lowest BCUT2D eigenvalue weighted by atomic mass is 9.99. The van der Waals surface area contributed by atoms with Gasteiger partial charge in [-0.1, -0.05) is 11.8 Å². The van der Waals surface area contributed by atoms with Crippen LogP contribution in [0.5, 0.6) is 0 Å². The molecule has 0 N–H and O–H groups in total. The normalized spacial score (nSPS) is 49.6. The largest absolute Gasteiger partial charge is 0.0975 e. The Balaban J connectivity index is 2.20. The minimum Gasteiger partial charge on any atom is -0.0975 e. The molecule has 0 saturated carbocycles. The Morgan fingerprint density at radius 1 is 1.00 bits per heavy atom. The number of hydrogen-bond donors (Lipinski definition) is 0. The first-order chi connectivity index (χ1) is 4.29. The van der Waals surface area contributed by atoms with Crippen molar-refractivity contribution in [2.24, 2.45) is 5.92 Å². The van der Waals surface area contributed by atoms with Crippen LogP contribution < -0.4 is 0 Å². The molecule has 0 radical (unpaired) electrons. The summed E-state index contributed by atoms with van der Waals surface area (Å²) in [6, 6.07) is -0.695. The van der Waals surface area contributed by atoms with Gasteiger partial charge in [-0.3, -0.25) is 0 Å². The van der Waals surface area contributed by atoms with E-state index in [0.29, 0.717) is 0 Å². The maximum Gasteiger partial charge on any atom is -0.0232 e. The van der Waals surface area contributed by atoms with Crippen LogP contribution in [0, 0.1) is 5.92 Å². The van der Waals surface area contributed by atoms with Crippen LogP contribution in [0.25, 0.3) is 0 Å². The molecule has 2 heteroatoms. The van der Waals surface area contributed by atoms with Crippen molar-refractivity contribution in [3.8, 4) is 0 Å². The SMILES string of the molecule is S=P12CCC(CC1)CC2. The zero-order valence-electron chi connectivity index (χ0n) is 5.68. The van der Waals surface area contributed by atoms with E-state index < -0.39 is 6.04 Å². The lowest BCUT2D eigenvalue weighted by Crippen LogP contribution is -2.23. The van der Waals surface area contributed by atoms with E-state index in [4.69, 9.17) is 11.8 Å². The zero-order chi connectivity index (χ0) is 6.32. The van der Waals surface area contributed by atoms with E-state index in [-0.39, 0.29) is 0 Å². The average molecular weight is 160 g/mol. The van der Waals surface area contributed by atoms with Gasteiger partial charge in [0.05, 0.1) is 0 Å². The van der Waals surface area contributed by atoms with Gasteiger partial charge in [0.15, 0.2) is 0 Å². The lowest BCUT2D eigenvalue weighted by Gasteiger charge is -2.38. The highest BCUT2D eigenvalue weighted by molar-refractivity contribution is 8.14. The summed E-state index contributed by atoms with van der Waals surface area (Å²) >= 11 is 5.60. The van der Waals surface area contributed by atoms with Crippen molar-refractivity contribution in [2.75, 3.05) is 18.5 Å². The van der Waals surface area contributed by atoms with Crippen molar-refractivity contribution < 1.29 is 0 Å². The molecule has 0 unspecified atom stereocenters. The zero-order valence-corrected chi connectivity index (χ0v) is 7.39. The fourth-order valence-corrected chi connectivity index (χ4v) is 6.15. The molecule has 0 aromatic heterocycles. The lowest BCUT2D eigenvalue weighted by molar-refractivity contribution is 0.449. The molecule has 0 spiro atoms. The first kappa shape index (κ1) is 6.37. The summed E-state index contributed by atoms with van der Waals surface area (Å²) in [6.07, 6.45) is 8.80. The third-order valence-corrected chi connectivity index (χ3v) is 7.70.